The number of hydrogen-bond acceptors (Lipinski definition) is 4. The number of ether oxygens (including phenoxy) is 2. The zero-order chi connectivity index (χ0) is 15.2. The molecular formula is C16H23NO4. The molecule has 1 amide bonds. The van der Waals surface area contributed by atoms with Crippen LogP contribution in [0, 0.1) is 5.92 Å². The van der Waals surface area contributed by atoms with Gasteiger partial charge in [-0.25, -0.2) is 0 Å². The summed E-state index contributed by atoms with van der Waals surface area (Å²) in [6, 6.07) is 5.28. The summed E-state index contributed by atoms with van der Waals surface area (Å²) in [7, 11) is 0. The average Bonchev–Trinajstić information content (AvgIpc) is 2.98. The van der Waals surface area contributed by atoms with Crippen molar-refractivity contribution in [3.05, 3.63) is 23.8 Å². The molecule has 1 aliphatic rings. The maximum absolute atomic E-state index is 12.5. The van der Waals surface area contributed by atoms with Crippen LogP contribution >= 0.6 is 0 Å². The second kappa shape index (κ2) is 7.31. The molecule has 0 radical (unpaired) electrons. The minimum atomic E-state index is -0.0186. The predicted octanol–water partition coefficient (Wildman–Crippen LogP) is 1.94. The van der Waals surface area contributed by atoms with Gasteiger partial charge in [0.25, 0.3) is 5.91 Å². The van der Waals surface area contributed by atoms with Crippen molar-refractivity contribution in [2.75, 3.05) is 32.9 Å². The van der Waals surface area contributed by atoms with Gasteiger partial charge in [-0.1, -0.05) is 0 Å². The molecule has 0 aromatic heterocycles. The number of benzene rings is 1. The Morgan fingerprint density at radius 1 is 1.29 bits per heavy atom. The fourth-order valence-corrected chi connectivity index (χ4v) is 2.53. The second-order valence-corrected chi connectivity index (χ2v) is 5.12. The molecule has 116 valence electrons. The molecule has 2 rings (SSSR count). The standard InChI is InChI=1S/C16H23NO4/c1-3-20-14-6-5-13(9-15(14)21-4-2)16(19)17-8-7-12(10-17)11-18/h5-6,9,12,18H,3-4,7-8,10-11H2,1-2H3. The predicted molar refractivity (Wildman–Crippen MR) is 79.9 cm³/mol. The van der Waals surface area contributed by atoms with Crippen molar-refractivity contribution in [3.8, 4) is 11.5 Å². The van der Waals surface area contributed by atoms with Crippen LogP contribution in [0.1, 0.15) is 30.6 Å². The van der Waals surface area contributed by atoms with Gasteiger partial charge in [-0.05, 0) is 38.5 Å². The monoisotopic (exact) mass is 293 g/mol. The van der Waals surface area contributed by atoms with Crippen LogP contribution in [0.5, 0.6) is 11.5 Å². The van der Waals surface area contributed by atoms with Crippen molar-refractivity contribution in [1.82, 2.24) is 4.90 Å². The van der Waals surface area contributed by atoms with Gasteiger partial charge in [0.15, 0.2) is 11.5 Å². The third-order valence-electron chi connectivity index (χ3n) is 3.62. The van der Waals surface area contributed by atoms with E-state index in [9.17, 15) is 9.90 Å². The molecule has 1 unspecified atom stereocenters. The Morgan fingerprint density at radius 2 is 2.00 bits per heavy atom. The number of amides is 1. The van der Waals surface area contributed by atoms with Crippen LogP contribution in [0.15, 0.2) is 18.2 Å². The number of nitrogens with zero attached hydrogens (tertiary/aromatic N) is 1. The Bertz CT molecular complexity index is 489. The van der Waals surface area contributed by atoms with Crippen LogP contribution in [0.25, 0.3) is 0 Å². The zero-order valence-corrected chi connectivity index (χ0v) is 12.7. The van der Waals surface area contributed by atoms with E-state index < -0.39 is 0 Å². The van der Waals surface area contributed by atoms with Crippen molar-refractivity contribution in [1.29, 1.82) is 0 Å². The highest BCUT2D eigenvalue weighted by Crippen LogP contribution is 2.29. The minimum Gasteiger partial charge on any atom is -0.490 e. The fourth-order valence-electron chi connectivity index (χ4n) is 2.53. The molecule has 0 bridgehead atoms. The highest BCUT2D eigenvalue weighted by molar-refractivity contribution is 5.95. The fraction of sp³-hybridized carbons (Fsp3) is 0.562. The molecular weight excluding hydrogens is 270 g/mol. The number of aliphatic hydroxyl groups is 1. The SMILES string of the molecule is CCOc1ccc(C(=O)N2CCC(CO)C2)cc1OCC. The summed E-state index contributed by atoms with van der Waals surface area (Å²) >= 11 is 0. The van der Waals surface area contributed by atoms with Crippen LogP contribution in [0.4, 0.5) is 0 Å². The van der Waals surface area contributed by atoms with E-state index in [4.69, 9.17) is 9.47 Å². The first-order valence-corrected chi connectivity index (χ1v) is 7.49. The lowest BCUT2D eigenvalue weighted by Gasteiger charge is -2.18. The smallest absolute Gasteiger partial charge is 0.254 e. The average molecular weight is 293 g/mol. The molecule has 1 saturated heterocycles. The maximum Gasteiger partial charge on any atom is 0.254 e. The van der Waals surface area contributed by atoms with Gasteiger partial charge < -0.3 is 19.5 Å². The normalized spacial score (nSPS) is 17.9. The summed E-state index contributed by atoms with van der Waals surface area (Å²) in [6.07, 6.45) is 0.859. The first-order chi connectivity index (χ1) is 10.2. The van der Waals surface area contributed by atoms with Crippen molar-refractivity contribution < 1.29 is 19.4 Å². The summed E-state index contributed by atoms with van der Waals surface area (Å²) in [6.45, 7) is 6.33. The third kappa shape index (κ3) is 3.67. The van der Waals surface area contributed by atoms with E-state index in [0.717, 1.165) is 6.42 Å². The van der Waals surface area contributed by atoms with Gasteiger partial charge in [-0.2, -0.15) is 0 Å². The van der Waals surface area contributed by atoms with E-state index in [1.807, 2.05) is 13.8 Å². The first-order valence-electron chi connectivity index (χ1n) is 7.49. The summed E-state index contributed by atoms with van der Waals surface area (Å²) in [4.78, 5) is 14.3. The van der Waals surface area contributed by atoms with Crippen LogP contribution in [0.2, 0.25) is 0 Å². The van der Waals surface area contributed by atoms with E-state index in [2.05, 4.69) is 0 Å². The number of likely N-dealkylation sites (tertiary alicyclic amines) is 1. The topological polar surface area (TPSA) is 59.0 Å². The Morgan fingerprint density at radius 3 is 2.62 bits per heavy atom. The molecule has 5 heteroatoms. The van der Waals surface area contributed by atoms with Crippen LogP contribution < -0.4 is 9.47 Å². The van der Waals surface area contributed by atoms with Gasteiger partial charge in [-0.15, -0.1) is 0 Å². The Kier molecular flexibility index (Phi) is 5.44. The van der Waals surface area contributed by atoms with E-state index in [1.54, 1.807) is 23.1 Å². The van der Waals surface area contributed by atoms with Gasteiger partial charge in [-0.3, -0.25) is 4.79 Å². The molecule has 5 nitrogen and oxygen atoms in total. The first kappa shape index (κ1) is 15.6. The third-order valence-corrected chi connectivity index (χ3v) is 3.62. The number of carbonyl (C=O) groups excluding carboxylic acids is 1. The molecule has 1 aromatic rings. The van der Waals surface area contributed by atoms with Crippen molar-refractivity contribution in [3.63, 3.8) is 0 Å². The highest BCUT2D eigenvalue weighted by Gasteiger charge is 2.26. The second-order valence-electron chi connectivity index (χ2n) is 5.12. The molecule has 21 heavy (non-hydrogen) atoms. The molecule has 0 spiro atoms. The summed E-state index contributed by atoms with van der Waals surface area (Å²) in [5.41, 5.74) is 0.598. The quantitative estimate of drug-likeness (QED) is 0.871. The summed E-state index contributed by atoms with van der Waals surface area (Å²) in [5.74, 6) is 1.44. The van der Waals surface area contributed by atoms with Crippen LogP contribution in [0.3, 0.4) is 0 Å². The maximum atomic E-state index is 12.5. The lowest BCUT2D eigenvalue weighted by molar-refractivity contribution is 0.0781. The molecule has 1 heterocycles. The Hall–Kier alpha value is -1.75. The zero-order valence-electron chi connectivity index (χ0n) is 12.7. The van der Waals surface area contributed by atoms with Gasteiger partial charge in [0.2, 0.25) is 0 Å². The largest absolute Gasteiger partial charge is 0.490 e. The van der Waals surface area contributed by atoms with E-state index in [-0.39, 0.29) is 18.4 Å². The highest BCUT2D eigenvalue weighted by atomic mass is 16.5. The van der Waals surface area contributed by atoms with Gasteiger partial charge in [0, 0.05) is 31.2 Å². The molecule has 1 fully saturated rings. The molecule has 1 aliphatic heterocycles. The van der Waals surface area contributed by atoms with E-state index >= 15 is 0 Å². The molecule has 0 aliphatic carbocycles. The molecule has 1 N–H and O–H groups in total. The van der Waals surface area contributed by atoms with Gasteiger partial charge in [0.1, 0.15) is 0 Å². The molecule has 1 atom stereocenters. The van der Waals surface area contributed by atoms with E-state index in [1.165, 1.54) is 0 Å². The lowest BCUT2D eigenvalue weighted by Crippen LogP contribution is -2.29. The number of aliphatic hydroxyl groups excluding tert-OH is 1. The summed E-state index contributed by atoms with van der Waals surface area (Å²) < 4.78 is 11.1. The molecule has 0 saturated carbocycles. The van der Waals surface area contributed by atoms with Gasteiger partial charge in [0.05, 0.1) is 13.2 Å². The summed E-state index contributed by atoms with van der Waals surface area (Å²) in [5, 5.41) is 9.17. The minimum absolute atomic E-state index is 0.0186. The Balaban J connectivity index is 2.15. The van der Waals surface area contributed by atoms with Crippen molar-refractivity contribution >= 4 is 5.91 Å². The Labute approximate surface area is 125 Å². The number of carbonyl (C=O) groups is 1. The number of rotatable bonds is 6. The molecule has 1 aromatic carbocycles. The van der Waals surface area contributed by atoms with Crippen LogP contribution in [-0.2, 0) is 0 Å². The van der Waals surface area contributed by atoms with Crippen molar-refractivity contribution in [2.45, 2.75) is 20.3 Å². The van der Waals surface area contributed by atoms with Crippen molar-refractivity contribution in [2.24, 2.45) is 5.92 Å². The van der Waals surface area contributed by atoms with E-state index in [0.29, 0.717) is 43.4 Å². The van der Waals surface area contributed by atoms with Crippen LogP contribution in [-0.4, -0.2) is 48.8 Å². The number of hydrogen-bond donors (Lipinski definition) is 1. The lowest BCUT2D eigenvalue weighted by atomic mass is 10.1. The van der Waals surface area contributed by atoms with Gasteiger partial charge >= 0.3 is 0 Å².